The van der Waals surface area contributed by atoms with Crippen LogP contribution in [-0.2, 0) is 95.3 Å². The van der Waals surface area contributed by atoms with Crippen molar-refractivity contribution < 1.29 is 175 Å². The first-order valence-electron chi connectivity index (χ1n) is 39.1. The average molecular weight is 1780 g/mol. The maximum Gasteiger partial charge on any atom is 0.303 e. The Bertz CT molecular complexity index is 4260. The number of ketones is 2. The number of alkyl halides is 8. The van der Waals surface area contributed by atoms with Gasteiger partial charge in [-0.1, -0.05) is 41.5 Å². The van der Waals surface area contributed by atoms with Gasteiger partial charge in [0.05, 0.1) is 52.1 Å². The number of non-ortho nitro benzene ring substituents is 1. The van der Waals surface area contributed by atoms with E-state index in [2.05, 4.69) is 10.6 Å². The molecule has 34 nitrogen and oxygen atoms in total. The zero-order chi connectivity index (χ0) is 93.0. The molecule has 4 aromatic carbocycles. The van der Waals surface area contributed by atoms with Crippen molar-refractivity contribution in [1.29, 1.82) is 0 Å². The van der Waals surface area contributed by atoms with Crippen molar-refractivity contribution >= 4 is 81.9 Å². The van der Waals surface area contributed by atoms with Crippen LogP contribution in [0.4, 0.5) is 57.9 Å². The first-order valence-corrected chi connectivity index (χ1v) is 39.1. The lowest BCUT2D eigenvalue weighted by Gasteiger charge is -2.43. The summed E-state index contributed by atoms with van der Waals surface area (Å²) in [6, 6.07) is 13.8. The Morgan fingerprint density at radius 1 is 0.411 bits per heavy atom. The molecule has 0 saturated carbocycles. The fourth-order valence-corrected chi connectivity index (χ4v) is 13.0. The molecule has 0 radical (unpaired) electrons. The molecule has 4 aromatic rings. The molecule has 0 spiro atoms. The Hall–Kier alpha value is -10.5. The number of anilines is 3. The van der Waals surface area contributed by atoms with Gasteiger partial charge < -0.3 is 113 Å². The molecular formula is C82H106F8N4O30. The highest BCUT2D eigenvalue weighted by Gasteiger charge is 2.50. The second kappa shape index (κ2) is 49.3. The molecule has 4 fully saturated rings. The van der Waals surface area contributed by atoms with Gasteiger partial charge in [-0.2, -0.15) is 0 Å². The summed E-state index contributed by atoms with van der Waals surface area (Å²) in [5.74, 6) is -6.72. The molecule has 0 aliphatic carbocycles. The molecule has 8 N–H and O–H groups in total. The summed E-state index contributed by atoms with van der Waals surface area (Å²) in [5.41, 5.74) is 3.26. The molecular weight excluding hydrogens is 1670 g/mol. The van der Waals surface area contributed by atoms with Crippen LogP contribution in [-0.4, -0.2) is 197 Å². The minimum Gasteiger partial charge on any atom is -0.463 e. The molecule has 8 unspecified atom stereocenters. The molecule has 4 saturated heterocycles. The lowest BCUT2D eigenvalue weighted by atomic mass is 9.83. The number of esters is 6. The number of halogens is 8. The number of amides is 2. The number of nitro benzene ring substituents is 1. The second-order valence-electron chi connectivity index (χ2n) is 29.8. The number of benzene rings is 4. The smallest absolute Gasteiger partial charge is 0.303 e. The Labute approximate surface area is 708 Å². The summed E-state index contributed by atoms with van der Waals surface area (Å²) in [7, 11) is 0. The van der Waals surface area contributed by atoms with E-state index in [-0.39, 0.29) is 133 Å². The van der Waals surface area contributed by atoms with E-state index in [4.69, 9.17) is 72.0 Å². The number of nitrogens with two attached hydrogens (primary N) is 1. The van der Waals surface area contributed by atoms with Gasteiger partial charge in [0.15, 0.2) is 18.3 Å². The molecule has 4 heterocycles. The van der Waals surface area contributed by atoms with Crippen LogP contribution in [0.15, 0.2) is 72.8 Å². The molecule has 124 heavy (non-hydrogen) atoms. The maximum absolute atomic E-state index is 13.9. The summed E-state index contributed by atoms with van der Waals surface area (Å²) in [4.78, 5) is 124. The van der Waals surface area contributed by atoms with E-state index in [0.29, 0.717) is 18.9 Å². The number of aliphatic hydroxyl groups excluding tert-OH is 4. The number of nitrogen functional groups attached to an aromatic ring is 1. The Morgan fingerprint density at radius 2 is 0.718 bits per heavy atom. The van der Waals surface area contributed by atoms with Gasteiger partial charge >= 0.3 is 35.8 Å². The van der Waals surface area contributed by atoms with Crippen molar-refractivity contribution in [2.24, 2.45) is 35.5 Å². The van der Waals surface area contributed by atoms with Crippen LogP contribution < -0.4 is 35.3 Å². The minimum absolute atomic E-state index is 0.0308. The van der Waals surface area contributed by atoms with Crippen molar-refractivity contribution in [3.8, 4) is 23.0 Å². The van der Waals surface area contributed by atoms with E-state index < -0.39 is 199 Å². The SMILES string of the molecule is CC(=O)CCCC(=O)Nc1ccc(O[C@@H]2OC(CO)[C@H](O)[C@H](O)C2O)c(C(F)F)c1.CC(=O)CCCC(=O)Nc1ccc(O[C@@H]2OC(COC(C)=O)[C@H](C)[C@H](C)C2OC(C)=O)c(C(F)F)c1.CC(=O)OCC1O[C@@H](Oc2ccc(N)cc2C(F)F)C(OC(C)=O)[C@@H](C)[C@H]1C.CC(=O)OCC1O[C@@H](Oc2ccc([N+](=O)[O-])cc2C(F)F)C(OC(C)=O)[C@@H](C)[C@H]1C. The Kier molecular flexibility index (Phi) is 41.3. The van der Waals surface area contributed by atoms with E-state index in [1.54, 1.807) is 13.8 Å². The number of rotatable bonds is 33. The maximum atomic E-state index is 13.9. The lowest BCUT2D eigenvalue weighted by molar-refractivity contribution is -0.385. The Morgan fingerprint density at radius 3 is 1.02 bits per heavy atom. The summed E-state index contributed by atoms with van der Waals surface area (Å²) in [6.45, 7) is 20.2. The van der Waals surface area contributed by atoms with Crippen molar-refractivity contribution in [1.82, 2.24) is 0 Å². The second-order valence-corrected chi connectivity index (χ2v) is 29.8. The van der Waals surface area contributed by atoms with Gasteiger partial charge in [-0.05, 0) is 105 Å². The van der Waals surface area contributed by atoms with Crippen LogP contribution in [0.2, 0.25) is 0 Å². The fraction of sp³-hybridized carbons (Fsp3) is 0.585. The molecule has 0 bridgehead atoms. The first-order chi connectivity index (χ1) is 58.1. The summed E-state index contributed by atoms with van der Waals surface area (Å²) in [5, 5.41) is 54.6. The summed E-state index contributed by atoms with van der Waals surface area (Å²) in [6.07, 6.45) is -26.7. The first kappa shape index (κ1) is 104. The monoisotopic (exact) mass is 1780 g/mol. The van der Waals surface area contributed by atoms with E-state index in [1.807, 2.05) is 27.7 Å². The highest BCUT2D eigenvalue weighted by atomic mass is 19.3. The number of aliphatic hydroxyl groups is 4. The number of hydrogen-bond acceptors (Lipinski definition) is 31. The van der Waals surface area contributed by atoms with Gasteiger partial charge in [0.1, 0.15) is 78.8 Å². The van der Waals surface area contributed by atoms with Crippen molar-refractivity contribution in [2.75, 3.05) is 42.8 Å². The summed E-state index contributed by atoms with van der Waals surface area (Å²) < 4.78 is 185. The molecule has 0 aromatic heterocycles. The highest BCUT2D eigenvalue weighted by Crippen LogP contribution is 2.43. The highest BCUT2D eigenvalue weighted by molar-refractivity contribution is 5.92. The molecule has 2 amide bonds. The number of nitrogens with one attached hydrogen (secondary N) is 2. The van der Waals surface area contributed by atoms with Gasteiger partial charge in [0, 0.05) is 114 Å². The topological polar surface area (TPSA) is 474 Å². The molecule has 20 atom stereocenters. The zero-order valence-electron chi connectivity index (χ0n) is 70.3. The van der Waals surface area contributed by atoms with Crippen molar-refractivity contribution in [2.45, 2.75) is 247 Å². The van der Waals surface area contributed by atoms with Crippen LogP contribution in [0.25, 0.3) is 0 Å². The van der Waals surface area contributed by atoms with Gasteiger partial charge in [-0.3, -0.25) is 48.5 Å². The van der Waals surface area contributed by atoms with Crippen LogP contribution >= 0.6 is 0 Å². The number of Topliss-reactive ketones (excluding diaryl/α,β-unsaturated/α-hetero) is 2. The number of nitro groups is 1. The molecule has 8 rings (SSSR count). The normalized spacial score (nSPS) is 25.8. The number of carbonyl (C=O) groups is 10. The molecule has 4 aliphatic heterocycles. The predicted octanol–water partition coefficient (Wildman–Crippen LogP) is 11.2. The van der Waals surface area contributed by atoms with Crippen LogP contribution in [0, 0.1) is 45.6 Å². The molecule has 690 valence electrons. The van der Waals surface area contributed by atoms with Crippen molar-refractivity contribution in [3.05, 3.63) is 105 Å². The number of hydrogen-bond donors (Lipinski definition) is 7. The molecule has 4 aliphatic rings. The molecule has 42 heteroatoms. The predicted molar refractivity (Wildman–Crippen MR) is 417 cm³/mol. The lowest BCUT2D eigenvalue weighted by Crippen LogP contribution is -2.60. The third-order valence-electron chi connectivity index (χ3n) is 20.2. The van der Waals surface area contributed by atoms with Crippen molar-refractivity contribution in [3.63, 3.8) is 0 Å². The fourth-order valence-electron chi connectivity index (χ4n) is 13.0. The van der Waals surface area contributed by atoms with Gasteiger partial charge in [0.2, 0.25) is 37.0 Å². The van der Waals surface area contributed by atoms with Gasteiger partial charge in [-0.15, -0.1) is 0 Å². The number of nitrogens with zero attached hydrogens (tertiary/aromatic N) is 1. The standard InChI is InChI=1S/C25H33F2NO8.C19H23F2NO8.C19H25F2NO8.C19H25F2NO6/c1-13(29)7-6-8-22(32)28-18-9-10-20(19(11-18)24(26)27)35-25-23(34-17(5)31)15(3)14(2)21(36-25)12-33-16(4)30;1-9-10(2)17(28-12(4)24)19(30-16(9)8-27-11(3)23)29-15-6-5-13(22(25)26)7-14(15)18(20)21;1-9(24)3-2-4-14(25)22-10-5-6-12(11(7-10)18(20)21)29-19-17(28)16(27)15(26)13(8-23)30-19;1-9-10(2)17(26-12(4)24)19(28-16(9)8-25-11(3)23)27-15-6-5-13(22)7-14(15)18(20)21/h9-11,14-15,21,23-25H,6-8,12H2,1-5H3,(H,28,32);5-7,9-10,16-19H,8H2,1-4H3;5-7,13,15-19,23,26-28H,2-4,8H2,1H3,(H,22,25);5-7,9-10,16-19H,8,22H2,1-4H3/t14-,15+,21?,23?,25-;9-,10+,16?,17?,19-;13?,15-,16-,17?,19+;9-,10+,16?,17?,19-/m1101/s1. The quantitative estimate of drug-likeness (QED) is 0.00582. The third kappa shape index (κ3) is 31.9. The van der Waals surface area contributed by atoms with Gasteiger partial charge in [-0.25, -0.2) is 35.1 Å². The summed E-state index contributed by atoms with van der Waals surface area (Å²) >= 11 is 0. The van der Waals surface area contributed by atoms with Crippen LogP contribution in [0.5, 0.6) is 23.0 Å². The number of carbonyl (C=O) groups excluding carboxylic acids is 10. The minimum atomic E-state index is -3.05. The van der Waals surface area contributed by atoms with Crippen LogP contribution in [0.3, 0.4) is 0 Å². The van der Waals surface area contributed by atoms with Gasteiger partial charge in [0.25, 0.3) is 31.4 Å². The largest absolute Gasteiger partial charge is 0.463 e. The third-order valence-corrected chi connectivity index (χ3v) is 20.2. The van der Waals surface area contributed by atoms with E-state index in [1.165, 1.54) is 85.7 Å². The van der Waals surface area contributed by atoms with E-state index >= 15 is 0 Å². The number of ether oxygens (including phenoxy) is 14. The average Bonchev–Trinajstić information content (AvgIpc) is 0.777. The van der Waals surface area contributed by atoms with Crippen LogP contribution in [0.1, 0.15) is 183 Å². The Balaban J connectivity index is 0.000000295. The zero-order valence-corrected chi connectivity index (χ0v) is 70.3. The van der Waals surface area contributed by atoms with E-state index in [0.717, 1.165) is 36.4 Å². The van der Waals surface area contributed by atoms with E-state index in [9.17, 15) is 114 Å².